The Kier molecular flexibility index (Phi) is 14.7. The van der Waals surface area contributed by atoms with Crippen molar-refractivity contribution in [1.82, 2.24) is 0 Å². The molecule has 0 atom stereocenters. The van der Waals surface area contributed by atoms with Crippen molar-refractivity contribution in [3.8, 4) is 100 Å². The van der Waals surface area contributed by atoms with E-state index in [1.54, 1.807) is 6.92 Å². The third kappa shape index (κ3) is 9.81. The standard InChI is InChI=1S/C44H28O2.C32H21BO2.C13H12O/c1-46-44(45)38-26-30-18-9-8-17-29(30)25-37(38)31-23-24-36-41-32(31)21-12-22-35(41)42-39(27-13-4-2-5-14-27)33-19-10-11-20-34(33)40(43(36)42)28-15-6-3-7-16-28;34-33(35)27-19-18-26-30-24(27)16-9-17-25(30)31-28(20-10-3-1-4-11-20)22-14-7-8-15-23(22)29(32(26)31)21-12-5-2-6-13-21;1-9-7-11-5-3-4-6-12(11)8-13(9)10(2)14/h2-26H,1H3;1-19,34-35H;3-8H,1-2H3. The van der Waals surface area contributed by atoms with Gasteiger partial charge in [-0.3, -0.25) is 4.79 Å². The number of fused-ring (bicyclic) bond motifs is 10. The fourth-order valence-corrected chi connectivity index (χ4v) is 15.2. The van der Waals surface area contributed by atoms with Gasteiger partial charge in [0, 0.05) is 5.56 Å². The summed E-state index contributed by atoms with van der Waals surface area (Å²) >= 11 is 0. The molecule has 0 aliphatic heterocycles. The Morgan fingerprint density at radius 2 is 0.632 bits per heavy atom. The molecule has 2 aliphatic carbocycles. The summed E-state index contributed by atoms with van der Waals surface area (Å²) in [5.41, 5.74) is 24.2. The average molecular weight is 1220 g/mol. The highest BCUT2D eigenvalue weighted by molar-refractivity contribution is 6.62. The zero-order chi connectivity index (χ0) is 64.4. The highest BCUT2D eigenvalue weighted by Gasteiger charge is 2.34. The molecule has 0 fully saturated rings. The van der Waals surface area contributed by atoms with E-state index in [1.165, 1.54) is 117 Å². The molecule has 0 spiro atoms. The molecule has 5 nitrogen and oxygen atoms in total. The van der Waals surface area contributed by atoms with Gasteiger partial charge in [-0.2, -0.15) is 0 Å². The van der Waals surface area contributed by atoms with Crippen LogP contribution in [0.1, 0.15) is 33.2 Å². The Balaban J connectivity index is 0.000000128. The normalized spacial score (nSPS) is 11.5. The van der Waals surface area contributed by atoms with Gasteiger partial charge in [0.25, 0.3) is 0 Å². The molecule has 0 amide bonds. The van der Waals surface area contributed by atoms with Crippen molar-refractivity contribution in [3.05, 3.63) is 320 Å². The van der Waals surface area contributed by atoms with Gasteiger partial charge in [-0.25, -0.2) is 4.79 Å². The van der Waals surface area contributed by atoms with Gasteiger partial charge in [0.05, 0.1) is 12.7 Å². The van der Waals surface area contributed by atoms with Crippen molar-refractivity contribution in [2.45, 2.75) is 13.8 Å². The van der Waals surface area contributed by atoms with Crippen molar-refractivity contribution < 1.29 is 24.4 Å². The summed E-state index contributed by atoms with van der Waals surface area (Å²) in [7, 11) is -0.0731. The first kappa shape index (κ1) is 58.3. The minimum absolute atomic E-state index is 0.133. The number of rotatable bonds is 8. The summed E-state index contributed by atoms with van der Waals surface area (Å²) in [5, 5.41) is 33.8. The van der Waals surface area contributed by atoms with E-state index in [0.717, 1.165) is 65.7 Å². The first-order chi connectivity index (χ1) is 46.6. The van der Waals surface area contributed by atoms with E-state index in [2.05, 4.69) is 237 Å². The molecule has 0 saturated heterocycles. The van der Waals surface area contributed by atoms with E-state index < -0.39 is 7.12 Å². The summed E-state index contributed by atoms with van der Waals surface area (Å²) in [5.74, 6) is -0.204. The molecule has 0 radical (unpaired) electrons. The molecule has 6 heteroatoms. The van der Waals surface area contributed by atoms with Crippen LogP contribution in [0.4, 0.5) is 0 Å². The van der Waals surface area contributed by atoms with E-state index in [1.807, 2.05) is 73.7 Å². The summed E-state index contributed by atoms with van der Waals surface area (Å²) in [6.45, 7) is 3.58. The Morgan fingerprint density at radius 1 is 0.305 bits per heavy atom. The minimum Gasteiger partial charge on any atom is -0.465 e. The number of Topliss-reactive ketones (excluding diaryl/α,β-unsaturated/α-hetero) is 1. The smallest absolute Gasteiger partial charge is 0.465 e. The number of ketones is 1. The zero-order valence-electron chi connectivity index (χ0n) is 52.6. The Morgan fingerprint density at radius 3 is 1.04 bits per heavy atom. The largest absolute Gasteiger partial charge is 0.489 e. The third-order valence-electron chi connectivity index (χ3n) is 19.2. The third-order valence-corrected chi connectivity index (χ3v) is 19.2. The molecule has 18 rings (SSSR count). The maximum absolute atomic E-state index is 13.2. The molecule has 2 aliphatic rings. The number of benzene rings is 16. The number of ether oxygens (including phenoxy) is 1. The molecule has 0 bridgehead atoms. The van der Waals surface area contributed by atoms with E-state index >= 15 is 0 Å². The van der Waals surface area contributed by atoms with E-state index in [-0.39, 0.29) is 11.8 Å². The van der Waals surface area contributed by atoms with Crippen molar-refractivity contribution in [2.75, 3.05) is 7.11 Å². The maximum atomic E-state index is 13.2. The van der Waals surface area contributed by atoms with E-state index in [4.69, 9.17) is 4.74 Å². The Labute approximate surface area is 551 Å². The predicted molar refractivity (Wildman–Crippen MR) is 396 cm³/mol. The number of hydrogen-bond donors (Lipinski definition) is 2. The SMILES string of the molecule is CC(=O)c1cc2ccccc2cc1C.COC(=O)c1cc2ccccc2cc1-c1ccc2c3c(cccc13)-c1c-2c(-c2ccccc2)c2ccccc2c1-c1ccccc1.OB(O)c1ccc2c3c(cccc13)-c1c-2c(-c2ccccc2)c2ccccc2c1-c1ccccc1. The lowest BCUT2D eigenvalue weighted by molar-refractivity contribution is 0.0601. The monoisotopic (exact) mass is 1220 g/mol. The first-order valence-corrected chi connectivity index (χ1v) is 32.1. The quantitative estimate of drug-likeness (QED) is 0.0900. The zero-order valence-corrected chi connectivity index (χ0v) is 52.6. The number of carbonyl (C=O) groups is 2. The van der Waals surface area contributed by atoms with Crippen LogP contribution in [0.15, 0.2) is 303 Å². The lowest BCUT2D eigenvalue weighted by atomic mass is 9.76. The van der Waals surface area contributed by atoms with Crippen molar-refractivity contribution in [2.24, 2.45) is 0 Å². The molecule has 16 aromatic carbocycles. The molecule has 450 valence electrons. The first-order valence-electron chi connectivity index (χ1n) is 32.1. The molecule has 16 aromatic rings. The second-order valence-electron chi connectivity index (χ2n) is 24.6. The average Bonchev–Trinajstić information content (AvgIpc) is 1.56. The van der Waals surface area contributed by atoms with Gasteiger partial charge in [-0.1, -0.05) is 285 Å². The van der Waals surface area contributed by atoms with E-state index in [0.29, 0.717) is 11.0 Å². The van der Waals surface area contributed by atoms with Crippen molar-refractivity contribution >= 4 is 89.0 Å². The molecule has 2 N–H and O–H groups in total. The summed E-state index contributed by atoms with van der Waals surface area (Å²) in [4.78, 5) is 24.5. The lowest BCUT2D eigenvalue weighted by Crippen LogP contribution is -2.30. The lowest BCUT2D eigenvalue weighted by Gasteiger charge is -2.20. The Bertz CT molecular complexity index is 5600. The van der Waals surface area contributed by atoms with E-state index in [9.17, 15) is 19.6 Å². The fourth-order valence-electron chi connectivity index (χ4n) is 15.2. The number of esters is 1. The van der Waals surface area contributed by atoms with Gasteiger partial charge in [-0.05, 0) is 208 Å². The number of carbonyl (C=O) groups excluding carboxylic acids is 2. The minimum atomic E-state index is -1.52. The molecule has 0 heterocycles. The van der Waals surface area contributed by atoms with Gasteiger partial charge in [0.15, 0.2) is 5.78 Å². The number of aryl methyl sites for hydroxylation is 1. The highest BCUT2D eigenvalue weighted by Crippen LogP contribution is 2.60. The van der Waals surface area contributed by atoms with Crippen LogP contribution >= 0.6 is 0 Å². The molecular formula is C89H61BO5. The van der Waals surface area contributed by atoms with Crippen LogP contribution in [0.25, 0.3) is 165 Å². The summed E-state index contributed by atoms with van der Waals surface area (Å²) in [6, 6.07) is 106. The van der Waals surface area contributed by atoms with Crippen LogP contribution in [0, 0.1) is 6.92 Å². The Hall–Kier alpha value is -11.8. The van der Waals surface area contributed by atoms with Crippen LogP contribution in [0.2, 0.25) is 0 Å². The van der Waals surface area contributed by atoms with Gasteiger partial charge in [0.2, 0.25) is 0 Å². The summed E-state index contributed by atoms with van der Waals surface area (Å²) in [6.07, 6.45) is 0. The molecule has 0 unspecified atom stereocenters. The van der Waals surface area contributed by atoms with Crippen molar-refractivity contribution in [1.29, 1.82) is 0 Å². The van der Waals surface area contributed by atoms with Crippen LogP contribution in [0.3, 0.4) is 0 Å². The number of hydrogen-bond acceptors (Lipinski definition) is 5. The van der Waals surface area contributed by atoms with Gasteiger partial charge >= 0.3 is 13.1 Å². The number of methoxy groups -OCH3 is 1. The van der Waals surface area contributed by atoms with Crippen LogP contribution < -0.4 is 5.46 Å². The van der Waals surface area contributed by atoms with Crippen molar-refractivity contribution in [3.63, 3.8) is 0 Å². The molecular weight excluding hydrogens is 1160 g/mol. The second kappa shape index (κ2) is 24.0. The van der Waals surface area contributed by atoms with Gasteiger partial charge < -0.3 is 14.8 Å². The topological polar surface area (TPSA) is 83.8 Å². The summed E-state index contributed by atoms with van der Waals surface area (Å²) < 4.78 is 5.30. The fraction of sp³-hybridized carbons (Fsp3) is 0.0337. The molecule has 95 heavy (non-hydrogen) atoms. The van der Waals surface area contributed by atoms with Crippen LogP contribution in [0.5, 0.6) is 0 Å². The van der Waals surface area contributed by atoms with Gasteiger partial charge in [-0.15, -0.1) is 0 Å². The highest BCUT2D eigenvalue weighted by atomic mass is 16.5. The molecule has 0 saturated carbocycles. The predicted octanol–water partition coefficient (Wildman–Crippen LogP) is 21.6. The van der Waals surface area contributed by atoms with Crippen LogP contribution in [-0.2, 0) is 4.74 Å². The van der Waals surface area contributed by atoms with Gasteiger partial charge in [0.1, 0.15) is 0 Å². The van der Waals surface area contributed by atoms with Crippen LogP contribution in [-0.4, -0.2) is 36.0 Å². The maximum Gasteiger partial charge on any atom is 0.489 e. The molecule has 0 aromatic heterocycles. The second-order valence-corrected chi connectivity index (χ2v) is 24.6.